The largest absolute Gasteiger partial charge is 0.131 e. The molecule has 4 nitrogen and oxygen atoms in total. The third-order valence-electron chi connectivity index (χ3n) is 2.76. The Morgan fingerprint density at radius 2 is 1.80 bits per heavy atom. The van der Waals surface area contributed by atoms with E-state index in [0.29, 0.717) is 0 Å². The van der Waals surface area contributed by atoms with E-state index >= 15 is 0 Å². The van der Waals surface area contributed by atoms with E-state index in [1.54, 1.807) is 0 Å². The van der Waals surface area contributed by atoms with E-state index in [9.17, 15) is 0 Å². The number of nitrogens with zero attached hydrogens (tertiary/aromatic N) is 4. The Kier molecular flexibility index (Phi) is 1.91. The van der Waals surface area contributed by atoms with Crippen LogP contribution in [-0.2, 0) is 12.8 Å². The lowest BCUT2D eigenvalue weighted by atomic mass is 10.0. The molecule has 0 atom stereocenters. The van der Waals surface area contributed by atoms with E-state index in [1.165, 1.54) is 5.56 Å². The monoisotopic (exact) mass is 198 g/mol. The number of aromatic nitrogens is 4. The quantitative estimate of drug-likeness (QED) is 0.642. The molecule has 4 heteroatoms. The molecule has 0 radical (unpaired) electrons. The molecule has 1 aliphatic rings. The summed E-state index contributed by atoms with van der Waals surface area (Å²) in [6, 6.07) is 8.31. The van der Waals surface area contributed by atoms with Gasteiger partial charge in [0.05, 0.1) is 5.69 Å². The molecule has 0 amide bonds. The minimum atomic E-state index is 0.901. The second-order valence-electron chi connectivity index (χ2n) is 3.68. The van der Waals surface area contributed by atoms with Crippen LogP contribution in [0.2, 0.25) is 0 Å². The molecule has 1 aromatic heterocycles. The Morgan fingerprint density at radius 3 is 2.80 bits per heavy atom. The summed E-state index contributed by atoms with van der Waals surface area (Å²) >= 11 is 0. The molecule has 74 valence electrons. The van der Waals surface area contributed by atoms with Gasteiger partial charge in [0.2, 0.25) is 0 Å². The first-order chi connectivity index (χ1) is 7.45. The van der Waals surface area contributed by atoms with Crippen molar-refractivity contribution in [2.45, 2.75) is 19.3 Å². The van der Waals surface area contributed by atoms with Gasteiger partial charge in [-0.15, -0.1) is 10.2 Å². The Labute approximate surface area is 87.4 Å². The van der Waals surface area contributed by atoms with Crippen LogP contribution < -0.4 is 0 Å². The number of benzene rings is 1. The SMILES string of the molecule is c1ccc2c(c1)CCCc1nnnnc1-2. The van der Waals surface area contributed by atoms with Crippen LogP contribution in [0, 0.1) is 0 Å². The van der Waals surface area contributed by atoms with Gasteiger partial charge < -0.3 is 0 Å². The maximum absolute atomic E-state index is 4.10. The van der Waals surface area contributed by atoms with Crippen molar-refractivity contribution in [2.75, 3.05) is 0 Å². The fraction of sp³-hybridized carbons (Fsp3) is 0.273. The van der Waals surface area contributed by atoms with Gasteiger partial charge in [-0.25, -0.2) is 0 Å². The van der Waals surface area contributed by atoms with Crippen LogP contribution in [0.3, 0.4) is 0 Å². The van der Waals surface area contributed by atoms with Crippen LogP contribution in [0.15, 0.2) is 24.3 Å². The molecule has 0 saturated heterocycles. The van der Waals surface area contributed by atoms with Crippen LogP contribution in [0.4, 0.5) is 0 Å². The number of hydrogen-bond donors (Lipinski definition) is 0. The summed E-state index contributed by atoms with van der Waals surface area (Å²) in [5, 5.41) is 15.4. The summed E-state index contributed by atoms with van der Waals surface area (Å²) in [4.78, 5) is 0. The third-order valence-corrected chi connectivity index (χ3v) is 2.76. The highest BCUT2D eigenvalue weighted by molar-refractivity contribution is 5.65. The van der Waals surface area contributed by atoms with Crippen LogP contribution in [0.5, 0.6) is 0 Å². The van der Waals surface area contributed by atoms with Gasteiger partial charge in [0.15, 0.2) is 0 Å². The van der Waals surface area contributed by atoms with Gasteiger partial charge in [-0.3, -0.25) is 0 Å². The summed E-state index contributed by atoms with van der Waals surface area (Å²) < 4.78 is 0. The number of fused-ring (bicyclic) bond motifs is 3. The van der Waals surface area contributed by atoms with Gasteiger partial charge in [-0.05, 0) is 35.3 Å². The standard InChI is InChI=1S/C11H10N4/c1-2-6-9-8(4-1)5-3-7-10-11(9)13-15-14-12-10/h1-2,4,6H,3,5,7H2. The lowest BCUT2D eigenvalue weighted by Crippen LogP contribution is -2.01. The maximum Gasteiger partial charge on any atom is 0.118 e. The normalized spacial score (nSPS) is 13.9. The minimum absolute atomic E-state index is 0.901. The molecule has 3 rings (SSSR count). The molecule has 0 spiro atoms. The van der Waals surface area contributed by atoms with E-state index in [-0.39, 0.29) is 0 Å². The minimum Gasteiger partial charge on any atom is -0.131 e. The van der Waals surface area contributed by atoms with Crippen molar-refractivity contribution in [3.63, 3.8) is 0 Å². The Hall–Kier alpha value is -1.84. The second-order valence-corrected chi connectivity index (χ2v) is 3.68. The number of rotatable bonds is 0. The molecular weight excluding hydrogens is 188 g/mol. The zero-order chi connectivity index (χ0) is 10.1. The summed E-state index contributed by atoms with van der Waals surface area (Å²) in [5.74, 6) is 0. The Morgan fingerprint density at radius 1 is 0.933 bits per heavy atom. The topological polar surface area (TPSA) is 51.6 Å². The van der Waals surface area contributed by atoms with Crippen molar-refractivity contribution in [3.8, 4) is 11.3 Å². The van der Waals surface area contributed by atoms with Gasteiger partial charge in [0, 0.05) is 5.56 Å². The third kappa shape index (κ3) is 1.38. The van der Waals surface area contributed by atoms with Crippen molar-refractivity contribution in [1.82, 2.24) is 20.6 Å². The molecule has 15 heavy (non-hydrogen) atoms. The molecule has 2 aromatic rings. The zero-order valence-corrected chi connectivity index (χ0v) is 8.22. The fourth-order valence-corrected chi connectivity index (χ4v) is 2.04. The summed E-state index contributed by atoms with van der Waals surface area (Å²) in [6.45, 7) is 0. The van der Waals surface area contributed by atoms with E-state index in [1.807, 2.05) is 6.07 Å². The van der Waals surface area contributed by atoms with Crippen molar-refractivity contribution >= 4 is 0 Å². The van der Waals surface area contributed by atoms with Gasteiger partial charge in [0.25, 0.3) is 0 Å². The molecule has 0 aliphatic heterocycles. The first-order valence-corrected chi connectivity index (χ1v) is 5.08. The van der Waals surface area contributed by atoms with Gasteiger partial charge in [-0.1, -0.05) is 24.3 Å². The predicted molar refractivity (Wildman–Crippen MR) is 55.1 cm³/mol. The Bertz CT molecular complexity index is 450. The van der Waals surface area contributed by atoms with E-state index < -0.39 is 0 Å². The van der Waals surface area contributed by atoms with Crippen LogP contribution in [-0.4, -0.2) is 20.6 Å². The van der Waals surface area contributed by atoms with Gasteiger partial charge in [0.1, 0.15) is 5.69 Å². The second kappa shape index (κ2) is 3.38. The molecule has 0 fully saturated rings. The number of aryl methyl sites for hydroxylation is 2. The van der Waals surface area contributed by atoms with Crippen molar-refractivity contribution in [3.05, 3.63) is 35.5 Å². The van der Waals surface area contributed by atoms with E-state index in [4.69, 9.17) is 0 Å². The molecule has 0 saturated carbocycles. The number of hydrogen-bond acceptors (Lipinski definition) is 4. The maximum atomic E-state index is 4.10. The zero-order valence-electron chi connectivity index (χ0n) is 8.22. The molecule has 1 aromatic carbocycles. The molecule has 1 heterocycles. The lowest BCUT2D eigenvalue weighted by Gasteiger charge is -2.04. The first-order valence-electron chi connectivity index (χ1n) is 5.08. The molecule has 0 bridgehead atoms. The Balaban J connectivity index is 2.27. The summed E-state index contributed by atoms with van der Waals surface area (Å²) in [5.41, 5.74) is 4.36. The summed E-state index contributed by atoms with van der Waals surface area (Å²) in [7, 11) is 0. The fourth-order valence-electron chi connectivity index (χ4n) is 2.04. The van der Waals surface area contributed by atoms with Crippen molar-refractivity contribution in [1.29, 1.82) is 0 Å². The average molecular weight is 198 g/mol. The highest BCUT2D eigenvalue weighted by Crippen LogP contribution is 2.28. The highest BCUT2D eigenvalue weighted by Gasteiger charge is 2.16. The van der Waals surface area contributed by atoms with Crippen LogP contribution in [0.25, 0.3) is 11.3 Å². The summed E-state index contributed by atoms with van der Waals surface area (Å²) in [6.07, 6.45) is 3.12. The highest BCUT2D eigenvalue weighted by atomic mass is 15.4. The van der Waals surface area contributed by atoms with Crippen LogP contribution >= 0.6 is 0 Å². The average Bonchev–Trinajstić information content (AvgIpc) is 2.48. The first kappa shape index (κ1) is 8.47. The van der Waals surface area contributed by atoms with Crippen LogP contribution in [0.1, 0.15) is 17.7 Å². The molecular formula is C11H10N4. The van der Waals surface area contributed by atoms with Crippen molar-refractivity contribution < 1.29 is 0 Å². The van der Waals surface area contributed by atoms with E-state index in [2.05, 4.69) is 38.8 Å². The molecule has 0 N–H and O–H groups in total. The smallest absolute Gasteiger partial charge is 0.118 e. The lowest BCUT2D eigenvalue weighted by molar-refractivity contribution is 0.711. The molecule has 0 unspecified atom stereocenters. The predicted octanol–water partition coefficient (Wildman–Crippen LogP) is 1.42. The van der Waals surface area contributed by atoms with Gasteiger partial charge >= 0.3 is 0 Å². The van der Waals surface area contributed by atoms with Crippen molar-refractivity contribution in [2.24, 2.45) is 0 Å². The molecule has 1 aliphatic carbocycles. The van der Waals surface area contributed by atoms with Gasteiger partial charge in [-0.2, -0.15) is 0 Å². The van der Waals surface area contributed by atoms with E-state index in [0.717, 1.165) is 36.2 Å².